The molecule has 2 rings (SSSR count). The first-order valence-electron chi connectivity index (χ1n) is 5.67. The molecule has 1 atom stereocenters. The Morgan fingerprint density at radius 3 is 2.88 bits per heavy atom. The molecule has 0 aromatic carbocycles. The number of hydrogen-bond acceptors (Lipinski definition) is 3. The molecule has 0 fully saturated rings. The monoisotopic (exact) mass is 310 g/mol. The van der Waals surface area contributed by atoms with Crippen LogP contribution >= 0.6 is 27.3 Å². The van der Waals surface area contributed by atoms with Crippen LogP contribution in [0.3, 0.4) is 0 Å². The second kappa shape index (κ2) is 6.28. The maximum absolute atomic E-state index is 4.47. The van der Waals surface area contributed by atoms with Gasteiger partial charge in [0, 0.05) is 22.0 Å². The van der Waals surface area contributed by atoms with E-state index in [0.29, 0.717) is 6.04 Å². The summed E-state index contributed by atoms with van der Waals surface area (Å²) in [7, 11) is 0. The summed E-state index contributed by atoms with van der Waals surface area (Å²) in [6.07, 6.45) is 2.86. The Kier molecular flexibility index (Phi) is 4.71. The van der Waals surface area contributed by atoms with Crippen molar-refractivity contribution in [3.8, 4) is 0 Å². The molecule has 4 heteroatoms. The van der Waals surface area contributed by atoms with Crippen molar-refractivity contribution in [1.29, 1.82) is 0 Å². The second-order valence-electron chi connectivity index (χ2n) is 3.80. The van der Waals surface area contributed by atoms with Gasteiger partial charge in [-0.15, -0.1) is 11.3 Å². The lowest BCUT2D eigenvalue weighted by Crippen LogP contribution is -2.23. The van der Waals surface area contributed by atoms with Crippen LogP contribution in [0.15, 0.2) is 40.3 Å². The molecule has 2 aromatic rings. The SMILES string of the molecule is CCNC(Cc1cccs1)c1ccc(Br)cn1. The van der Waals surface area contributed by atoms with Crippen LogP contribution in [0.5, 0.6) is 0 Å². The summed E-state index contributed by atoms with van der Waals surface area (Å²) in [6.45, 7) is 3.08. The Bertz CT molecular complexity index is 439. The smallest absolute Gasteiger partial charge is 0.0577 e. The van der Waals surface area contributed by atoms with E-state index in [1.54, 1.807) is 11.3 Å². The van der Waals surface area contributed by atoms with E-state index in [0.717, 1.165) is 23.1 Å². The summed E-state index contributed by atoms with van der Waals surface area (Å²) in [6, 6.07) is 8.68. The van der Waals surface area contributed by atoms with Crippen LogP contribution in [-0.4, -0.2) is 11.5 Å². The molecule has 17 heavy (non-hydrogen) atoms. The molecule has 0 radical (unpaired) electrons. The zero-order chi connectivity index (χ0) is 12.1. The average Bonchev–Trinajstić information content (AvgIpc) is 2.82. The predicted octanol–water partition coefficient (Wildman–Crippen LogP) is 3.80. The molecule has 0 aliphatic carbocycles. The summed E-state index contributed by atoms with van der Waals surface area (Å²) in [4.78, 5) is 5.86. The fraction of sp³-hybridized carbons (Fsp3) is 0.308. The third-order valence-corrected chi connectivity index (χ3v) is 3.91. The molecule has 0 aliphatic heterocycles. The van der Waals surface area contributed by atoms with Gasteiger partial charge < -0.3 is 5.32 Å². The van der Waals surface area contributed by atoms with E-state index in [2.05, 4.69) is 56.7 Å². The quantitative estimate of drug-likeness (QED) is 0.908. The van der Waals surface area contributed by atoms with E-state index in [1.165, 1.54) is 4.88 Å². The van der Waals surface area contributed by atoms with Crippen molar-refractivity contribution in [2.24, 2.45) is 0 Å². The molecule has 0 saturated carbocycles. The largest absolute Gasteiger partial charge is 0.309 e. The van der Waals surface area contributed by atoms with Crippen LogP contribution in [0.1, 0.15) is 23.5 Å². The van der Waals surface area contributed by atoms with Crippen LogP contribution in [0.2, 0.25) is 0 Å². The molecular weight excluding hydrogens is 296 g/mol. The number of rotatable bonds is 5. The van der Waals surface area contributed by atoms with Gasteiger partial charge in [-0.3, -0.25) is 4.98 Å². The van der Waals surface area contributed by atoms with Crippen molar-refractivity contribution in [2.45, 2.75) is 19.4 Å². The molecule has 2 aromatic heterocycles. The normalized spacial score (nSPS) is 12.6. The molecule has 0 aliphatic rings. The molecule has 0 spiro atoms. The minimum Gasteiger partial charge on any atom is -0.309 e. The van der Waals surface area contributed by atoms with Gasteiger partial charge in [0.25, 0.3) is 0 Å². The van der Waals surface area contributed by atoms with Gasteiger partial charge in [-0.2, -0.15) is 0 Å². The zero-order valence-corrected chi connectivity index (χ0v) is 12.1. The number of likely N-dealkylation sites (N-methyl/N-ethyl adjacent to an activating group) is 1. The summed E-state index contributed by atoms with van der Waals surface area (Å²) >= 11 is 5.21. The fourth-order valence-corrected chi connectivity index (χ4v) is 2.74. The van der Waals surface area contributed by atoms with E-state index in [4.69, 9.17) is 0 Å². The second-order valence-corrected chi connectivity index (χ2v) is 5.74. The third-order valence-electron chi connectivity index (χ3n) is 2.54. The Balaban J connectivity index is 2.13. The van der Waals surface area contributed by atoms with E-state index in [1.807, 2.05) is 12.3 Å². The van der Waals surface area contributed by atoms with Crippen molar-refractivity contribution in [3.63, 3.8) is 0 Å². The lowest BCUT2D eigenvalue weighted by molar-refractivity contribution is 0.540. The fourth-order valence-electron chi connectivity index (χ4n) is 1.75. The van der Waals surface area contributed by atoms with Gasteiger partial charge in [0.1, 0.15) is 0 Å². The number of aromatic nitrogens is 1. The lowest BCUT2D eigenvalue weighted by atomic mass is 10.1. The minimum atomic E-state index is 0.298. The van der Waals surface area contributed by atoms with E-state index < -0.39 is 0 Å². The molecule has 2 heterocycles. The highest BCUT2D eigenvalue weighted by molar-refractivity contribution is 9.10. The Hall–Kier alpha value is -0.710. The number of nitrogens with one attached hydrogen (secondary N) is 1. The molecule has 2 nitrogen and oxygen atoms in total. The number of hydrogen-bond donors (Lipinski definition) is 1. The van der Waals surface area contributed by atoms with Crippen LogP contribution in [-0.2, 0) is 6.42 Å². The Labute approximate surface area is 114 Å². The molecule has 90 valence electrons. The van der Waals surface area contributed by atoms with Gasteiger partial charge in [-0.25, -0.2) is 0 Å². The Morgan fingerprint density at radius 2 is 2.29 bits per heavy atom. The van der Waals surface area contributed by atoms with Crippen molar-refractivity contribution < 1.29 is 0 Å². The standard InChI is InChI=1S/C13H15BrN2S/c1-2-15-13(8-11-4-3-7-17-11)12-6-5-10(14)9-16-12/h3-7,9,13,15H,2,8H2,1H3. The van der Waals surface area contributed by atoms with Gasteiger partial charge in [0.2, 0.25) is 0 Å². The Morgan fingerprint density at radius 1 is 1.41 bits per heavy atom. The van der Waals surface area contributed by atoms with Crippen LogP contribution in [0.25, 0.3) is 0 Å². The molecular formula is C13H15BrN2S. The summed E-state index contributed by atoms with van der Waals surface area (Å²) in [5.74, 6) is 0. The third kappa shape index (κ3) is 3.63. The van der Waals surface area contributed by atoms with Gasteiger partial charge in [-0.1, -0.05) is 13.0 Å². The first kappa shape index (κ1) is 12.7. The molecule has 0 amide bonds. The highest BCUT2D eigenvalue weighted by atomic mass is 79.9. The summed E-state index contributed by atoms with van der Waals surface area (Å²) in [5.41, 5.74) is 1.10. The average molecular weight is 311 g/mol. The van der Waals surface area contributed by atoms with E-state index in [-0.39, 0.29) is 0 Å². The molecule has 0 bridgehead atoms. The maximum Gasteiger partial charge on any atom is 0.0577 e. The lowest BCUT2D eigenvalue weighted by Gasteiger charge is -2.16. The van der Waals surface area contributed by atoms with Gasteiger partial charge in [0.05, 0.1) is 11.7 Å². The van der Waals surface area contributed by atoms with Crippen molar-refractivity contribution in [3.05, 3.63) is 50.9 Å². The highest BCUT2D eigenvalue weighted by Crippen LogP contribution is 2.20. The summed E-state index contributed by atoms with van der Waals surface area (Å²) < 4.78 is 1.02. The minimum absolute atomic E-state index is 0.298. The number of thiophene rings is 1. The summed E-state index contributed by atoms with van der Waals surface area (Å²) in [5, 5.41) is 5.60. The van der Waals surface area contributed by atoms with Crippen LogP contribution in [0.4, 0.5) is 0 Å². The first-order valence-corrected chi connectivity index (χ1v) is 7.34. The van der Waals surface area contributed by atoms with Crippen LogP contribution in [0, 0.1) is 0 Å². The molecule has 0 saturated heterocycles. The van der Waals surface area contributed by atoms with Crippen molar-refractivity contribution in [1.82, 2.24) is 10.3 Å². The molecule has 1 unspecified atom stereocenters. The highest BCUT2D eigenvalue weighted by Gasteiger charge is 2.12. The van der Waals surface area contributed by atoms with Crippen molar-refractivity contribution >= 4 is 27.3 Å². The number of halogens is 1. The first-order chi connectivity index (χ1) is 8.29. The molecule has 1 N–H and O–H groups in total. The van der Waals surface area contributed by atoms with E-state index >= 15 is 0 Å². The van der Waals surface area contributed by atoms with Gasteiger partial charge in [0.15, 0.2) is 0 Å². The number of pyridine rings is 1. The van der Waals surface area contributed by atoms with Gasteiger partial charge in [-0.05, 0) is 46.1 Å². The topological polar surface area (TPSA) is 24.9 Å². The predicted molar refractivity (Wildman–Crippen MR) is 76.4 cm³/mol. The van der Waals surface area contributed by atoms with E-state index in [9.17, 15) is 0 Å². The van der Waals surface area contributed by atoms with Gasteiger partial charge >= 0.3 is 0 Å². The zero-order valence-electron chi connectivity index (χ0n) is 9.69. The van der Waals surface area contributed by atoms with Crippen molar-refractivity contribution in [2.75, 3.05) is 6.54 Å². The maximum atomic E-state index is 4.47. The van der Waals surface area contributed by atoms with Crippen LogP contribution < -0.4 is 5.32 Å². The number of nitrogens with zero attached hydrogens (tertiary/aromatic N) is 1.